The maximum atomic E-state index is 13.4. The van der Waals surface area contributed by atoms with Gasteiger partial charge in [0.05, 0.1) is 72.7 Å². The van der Waals surface area contributed by atoms with Crippen LogP contribution in [0.15, 0.2) is 152 Å². The third-order valence-corrected chi connectivity index (χ3v) is 19.3. The Bertz CT molecular complexity index is 4540. The molecule has 25 heteroatoms. The summed E-state index contributed by atoms with van der Waals surface area (Å²) >= 11 is 18.9. The van der Waals surface area contributed by atoms with Gasteiger partial charge in [-0.3, -0.25) is 14.7 Å². The van der Waals surface area contributed by atoms with Crippen LogP contribution in [0.25, 0.3) is 32.7 Å². The standard InChI is InChI=1S/C29H28ClFN2O5.2C27H33ClN2O5/c1-35-14-15-36-16-17-37-22-7-2-19(3-8-22)28-27-24(25-18-20(30)4-11-26(25)32-27)12-13-33(28)29(34)38-23-9-5-21(31)6-10-23;1-18(2)17-35-27(31)30-11-10-22-23-16-20(28)6-9-24(23)29-25(22)26(30)19-4-7-21(8-5-19)34-15-14-33-13-12-32-3;1-3-4-13-35-27(31)30-12-11-22-23-18-20(28)7-10-24(23)29-25(22)26(30)19-5-8-21(9-6-19)34-17-16-33-15-14-32-2/h2-11,18,28,32H,12-17H2,1H3;4-9,16,18,26,29H,10-15,17H2,1-3H3;5-10,18,26,29H,3-4,11-17H2,1-2H3. The van der Waals surface area contributed by atoms with E-state index in [0.29, 0.717) is 139 Å². The van der Waals surface area contributed by atoms with Crippen LogP contribution in [0.2, 0.25) is 15.1 Å². The molecule has 6 heterocycles. The summed E-state index contributed by atoms with van der Waals surface area (Å²) in [4.78, 5) is 55.4. The van der Waals surface area contributed by atoms with Gasteiger partial charge in [-0.25, -0.2) is 18.8 Å². The van der Waals surface area contributed by atoms with Gasteiger partial charge in [0, 0.05) is 106 Å². The molecule has 13 rings (SSSR count). The van der Waals surface area contributed by atoms with Crippen molar-refractivity contribution in [2.24, 2.45) is 5.92 Å². The molecule has 3 aliphatic heterocycles. The van der Waals surface area contributed by atoms with Gasteiger partial charge in [0.15, 0.2) is 0 Å². The number of nitrogens with one attached hydrogen (secondary N) is 3. The summed E-state index contributed by atoms with van der Waals surface area (Å²) in [6.45, 7) is 14.5. The largest absolute Gasteiger partial charge is 0.491 e. The van der Waals surface area contributed by atoms with Crippen molar-refractivity contribution in [3.63, 3.8) is 0 Å². The Morgan fingerprint density at radius 1 is 0.426 bits per heavy atom. The number of methoxy groups -OCH3 is 3. The number of ether oxygens (including phenoxy) is 12. The number of hydrogen-bond acceptors (Lipinski definition) is 15. The summed E-state index contributed by atoms with van der Waals surface area (Å²) in [6.07, 6.45) is 2.81. The van der Waals surface area contributed by atoms with Crippen molar-refractivity contribution in [3.05, 3.63) is 223 Å². The number of amides is 3. The molecule has 3 aliphatic rings. The lowest BCUT2D eigenvalue weighted by Crippen LogP contribution is -2.42. The minimum absolute atomic E-state index is 0.267. The smallest absolute Gasteiger partial charge is 0.416 e. The Hall–Kier alpha value is -9.07. The van der Waals surface area contributed by atoms with E-state index < -0.39 is 18.0 Å². The number of nitrogens with zero attached hydrogens (tertiary/aromatic N) is 3. The zero-order valence-corrected chi connectivity index (χ0v) is 64.0. The first-order chi connectivity index (χ1) is 52.6. The lowest BCUT2D eigenvalue weighted by molar-refractivity contribution is 0.0544. The van der Waals surface area contributed by atoms with E-state index in [1.165, 1.54) is 35.4 Å². The molecule has 3 N–H and O–H groups in total. The monoisotopic (exact) mass is 1540 g/mol. The molecule has 3 atom stereocenters. The number of benzene rings is 7. The molecule has 108 heavy (non-hydrogen) atoms. The zero-order chi connectivity index (χ0) is 75.9. The normalized spacial score (nSPS) is 15.2. The van der Waals surface area contributed by atoms with Crippen molar-refractivity contribution < 1.29 is 75.6 Å². The van der Waals surface area contributed by atoms with Gasteiger partial charge in [-0.15, -0.1) is 0 Å². The molecule has 21 nitrogen and oxygen atoms in total. The number of H-pyrrole nitrogens is 3. The van der Waals surface area contributed by atoms with Crippen molar-refractivity contribution in [2.75, 3.05) is 133 Å². The summed E-state index contributed by atoms with van der Waals surface area (Å²) < 4.78 is 78.9. The highest BCUT2D eigenvalue weighted by Gasteiger charge is 2.39. The second kappa shape index (κ2) is 39.9. The molecule has 7 aromatic carbocycles. The number of halogens is 4. The van der Waals surface area contributed by atoms with Gasteiger partial charge in [-0.2, -0.15) is 0 Å². The Morgan fingerprint density at radius 2 is 0.759 bits per heavy atom. The van der Waals surface area contributed by atoms with E-state index in [4.69, 9.17) is 91.6 Å². The fourth-order valence-electron chi connectivity index (χ4n) is 13.4. The highest BCUT2D eigenvalue weighted by Crippen LogP contribution is 2.44. The van der Waals surface area contributed by atoms with Gasteiger partial charge in [-0.05, 0) is 180 Å². The Balaban J connectivity index is 0.000000161. The number of carbonyl (C=O) groups is 3. The number of carbonyl (C=O) groups excluding carboxylic acids is 3. The number of aromatic nitrogens is 3. The van der Waals surface area contributed by atoms with Crippen LogP contribution in [-0.2, 0) is 57.2 Å². The number of fused-ring (bicyclic) bond motifs is 9. The predicted molar refractivity (Wildman–Crippen MR) is 415 cm³/mol. The van der Waals surface area contributed by atoms with Gasteiger partial charge in [-0.1, -0.05) is 98.4 Å². The molecule has 3 amide bonds. The van der Waals surface area contributed by atoms with Crippen LogP contribution in [0.1, 0.15) is 102 Å². The van der Waals surface area contributed by atoms with E-state index in [2.05, 4.69) is 21.9 Å². The SMILES string of the molecule is CCCCOC(=O)N1CCc2c([nH]c3ccc(Cl)cc23)C1c1ccc(OCCOCCOC)cc1.COCCOCCOc1ccc(C2c3[nH]c4ccc(Cl)cc4c3CCN2C(=O)OCC(C)C)cc1.COCCOCCOc1ccc(C2c3[nH]c4ccc(Cl)cc4c3CCN2C(=O)Oc2ccc(F)cc2)cc1. The average molecular weight is 1540 g/mol. The first kappa shape index (κ1) is 80.0. The van der Waals surface area contributed by atoms with Gasteiger partial charge < -0.3 is 71.8 Å². The molecule has 0 spiro atoms. The Labute approximate surface area is 643 Å². The highest BCUT2D eigenvalue weighted by atomic mass is 35.5. The van der Waals surface area contributed by atoms with Crippen LogP contribution in [-0.4, -0.2) is 181 Å². The predicted octanol–water partition coefficient (Wildman–Crippen LogP) is 17.5. The van der Waals surface area contributed by atoms with Crippen molar-refractivity contribution in [1.29, 1.82) is 0 Å². The minimum atomic E-state index is -0.516. The molecule has 0 bridgehead atoms. The Morgan fingerprint density at radius 3 is 1.10 bits per heavy atom. The van der Waals surface area contributed by atoms with Crippen LogP contribution >= 0.6 is 34.8 Å². The number of aromatic amines is 3. The topological polar surface area (TPSA) is 219 Å². The lowest BCUT2D eigenvalue weighted by Gasteiger charge is -2.35. The number of unbranched alkanes of at least 4 members (excludes halogenated alkanes) is 1. The third kappa shape index (κ3) is 20.8. The average Bonchev–Trinajstić information content (AvgIpc) is 1.59. The van der Waals surface area contributed by atoms with Crippen molar-refractivity contribution in [3.8, 4) is 23.0 Å². The molecule has 10 aromatic rings. The fraction of sp³-hybridized carbons (Fsp3) is 0.386. The van der Waals surface area contributed by atoms with Crippen molar-refractivity contribution >= 4 is 85.8 Å². The Kier molecular flexibility index (Phi) is 29.5. The van der Waals surface area contributed by atoms with Gasteiger partial charge in [0.25, 0.3) is 0 Å². The summed E-state index contributed by atoms with van der Waals surface area (Å²) in [7, 11) is 4.92. The highest BCUT2D eigenvalue weighted by molar-refractivity contribution is 6.32. The molecule has 0 saturated carbocycles. The van der Waals surface area contributed by atoms with Crippen LogP contribution in [0.3, 0.4) is 0 Å². The van der Waals surface area contributed by atoms with E-state index in [1.54, 1.807) is 31.1 Å². The second-order valence-electron chi connectivity index (χ2n) is 26.5. The van der Waals surface area contributed by atoms with Crippen molar-refractivity contribution in [2.45, 2.75) is 71.0 Å². The van der Waals surface area contributed by atoms with E-state index in [9.17, 15) is 18.8 Å². The first-order valence-electron chi connectivity index (χ1n) is 36.5. The molecular weight excluding hydrogens is 1450 g/mol. The van der Waals surface area contributed by atoms with Crippen LogP contribution in [0, 0.1) is 11.7 Å². The second-order valence-corrected chi connectivity index (χ2v) is 27.8. The minimum Gasteiger partial charge on any atom is -0.491 e. The van der Waals surface area contributed by atoms with Crippen molar-refractivity contribution in [1.82, 2.24) is 29.7 Å². The zero-order valence-electron chi connectivity index (χ0n) is 61.8. The summed E-state index contributed by atoms with van der Waals surface area (Å²) in [5.74, 6) is 2.34. The summed E-state index contributed by atoms with van der Waals surface area (Å²) in [5.41, 5.74) is 12.2. The van der Waals surface area contributed by atoms with E-state index in [1.807, 2.05) is 146 Å². The quantitative estimate of drug-likeness (QED) is 0.0357. The van der Waals surface area contributed by atoms with Crippen LogP contribution in [0.4, 0.5) is 18.8 Å². The van der Waals surface area contributed by atoms with Crippen LogP contribution < -0.4 is 18.9 Å². The van der Waals surface area contributed by atoms with E-state index in [0.717, 1.165) is 109 Å². The molecule has 574 valence electrons. The maximum Gasteiger partial charge on any atom is 0.416 e. The fourth-order valence-corrected chi connectivity index (χ4v) is 13.9. The van der Waals surface area contributed by atoms with Gasteiger partial charge >= 0.3 is 18.3 Å². The van der Waals surface area contributed by atoms with Crippen LogP contribution in [0.5, 0.6) is 23.0 Å². The van der Waals surface area contributed by atoms with Gasteiger partial charge in [0.2, 0.25) is 0 Å². The molecular formula is C83H94Cl3FN6O15. The summed E-state index contributed by atoms with van der Waals surface area (Å²) in [6, 6.07) is 45.2. The molecule has 0 radical (unpaired) electrons. The number of hydrogen-bond donors (Lipinski definition) is 3. The molecule has 0 fully saturated rings. The molecule has 0 aliphatic carbocycles. The van der Waals surface area contributed by atoms with E-state index >= 15 is 0 Å². The van der Waals surface area contributed by atoms with Gasteiger partial charge in [0.1, 0.15) is 66.8 Å². The first-order valence-corrected chi connectivity index (χ1v) is 37.7. The molecule has 3 aromatic heterocycles. The molecule has 3 unspecified atom stereocenters. The third-order valence-electron chi connectivity index (χ3n) is 18.6. The number of rotatable bonds is 30. The summed E-state index contributed by atoms with van der Waals surface area (Å²) in [5, 5.41) is 5.29. The maximum absolute atomic E-state index is 13.4. The lowest BCUT2D eigenvalue weighted by atomic mass is 9.92. The van der Waals surface area contributed by atoms with E-state index in [-0.39, 0.29) is 35.9 Å². The molecule has 0 saturated heterocycles.